The lowest BCUT2D eigenvalue weighted by Crippen LogP contribution is -2.20. The van der Waals surface area contributed by atoms with E-state index in [9.17, 15) is 18.0 Å². The van der Waals surface area contributed by atoms with Crippen molar-refractivity contribution < 1.29 is 18.0 Å². The van der Waals surface area contributed by atoms with Crippen molar-refractivity contribution in [1.82, 2.24) is 15.0 Å². The van der Waals surface area contributed by atoms with Gasteiger partial charge in [-0.15, -0.1) is 16.9 Å². The van der Waals surface area contributed by atoms with E-state index in [1.54, 1.807) is 30.3 Å². The van der Waals surface area contributed by atoms with Crippen LogP contribution in [0, 0.1) is 0 Å². The molecule has 0 aliphatic rings. The van der Waals surface area contributed by atoms with Gasteiger partial charge in [0.1, 0.15) is 12.1 Å². The molecule has 0 saturated heterocycles. The number of benzene rings is 2. The smallest absolute Gasteiger partial charge is 0.323 e. The average molecular weight is 366 g/mol. The number of aromatic nitrogens is 3. The van der Waals surface area contributed by atoms with Crippen LogP contribution in [0.25, 0.3) is 11.0 Å². The first kappa shape index (κ1) is 17.3. The lowest BCUT2D eigenvalue weighted by molar-refractivity contribution is -0.116. The Morgan fingerprint density at radius 3 is 2.64 bits per heavy atom. The Hall–Kier alpha value is -2.55. The molecule has 1 amide bonds. The molecule has 0 spiro atoms. The van der Waals surface area contributed by atoms with Crippen molar-refractivity contribution in [1.29, 1.82) is 0 Å². The minimum absolute atomic E-state index is 0.0845. The zero-order chi connectivity index (χ0) is 17.9. The molecule has 0 aliphatic heterocycles. The molecule has 5 nitrogen and oxygen atoms in total. The number of carbonyl (C=O) groups is 1. The van der Waals surface area contributed by atoms with Gasteiger partial charge in [0, 0.05) is 4.90 Å². The van der Waals surface area contributed by atoms with E-state index < -0.39 is 17.8 Å². The summed E-state index contributed by atoms with van der Waals surface area (Å²) in [6.45, 7) is -0.0845. The van der Waals surface area contributed by atoms with E-state index in [0.717, 1.165) is 0 Å². The molecule has 1 aromatic heterocycles. The van der Waals surface area contributed by atoms with E-state index in [1.807, 2.05) is 12.1 Å². The molecule has 2 aromatic carbocycles. The molecule has 1 N–H and O–H groups in total. The summed E-state index contributed by atoms with van der Waals surface area (Å²) in [4.78, 5) is 12.6. The molecule has 0 atom stereocenters. The second-order valence-corrected chi connectivity index (χ2v) is 6.20. The standard InChI is InChI=1S/C16H13F3N4OS/c17-16(18,19)10-25-14-8-4-2-6-12(14)20-15(24)9-23-13-7-3-1-5-11(13)21-22-23/h1-8H,9-10H2,(H,20,24). The second kappa shape index (κ2) is 7.14. The van der Waals surface area contributed by atoms with Gasteiger partial charge in [0.15, 0.2) is 0 Å². The van der Waals surface area contributed by atoms with Crippen molar-refractivity contribution >= 4 is 34.4 Å². The predicted octanol–water partition coefficient (Wildman–Crippen LogP) is 3.72. The molecule has 3 rings (SSSR count). The monoisotopic (exact) mass is 366 g/mol. The molecule has 130 valence electrons. The number of thioether (sulfide) groups is 1. The summed E-state index contributed by atoms with van der Waals surface area (Å²) in [7, 11) is 0. The number of nitrogens with zero attached hydrogens (tertiary/aromatic N) is 3. The molecule has 3 aromatic rings. The Kier molecular flexibility index (Phi) is 4.93. The summed E-state index contributed by atoms with van der Waals surface area (Å²) in [6, 6.07) is 13.6. The lowest BCUT2D eigenvalue weighted by atomic mass is 10.3. The minimum atomic E-state index is -4.28. The largest absolute Gasteiger partial charge is 0.398 e. The molecule has 0 saturated carbocycles. The van der Waals surface area contributed by atoms with Crippen molar-refractivity contribution in [3.8, 4) is 0 Å². The van der Waals surface area contributed by atoms with Gasteiger partial charge in [0.25, 0.3) is 0 Å². The Morgan fingerprint density at radius 2 is 1.84 bits per heavy atom. The molecule has 0 radical (unpaired) electrons. The number of hydrogen-bond donors (Lipinski definition) is 1. The van der Waals surface area contributed by atoms with Crippen LogP contribution in [-0.4, -0.2) is 32.8 Å². The van der Waals surface area contributed by atoms with E-state index in [-0.39, 0.29) is 6.54 Å². The van der Waals surface area contributed by atoms with E-state index in [0.29, 0.717) is 33.4 Å². The third kappa shape index (κ3) is 4.50. The fourth-order valence-electron chi connectivity index (χ4n) is 2.22. The summed E-state index contributed by atoms with van der Waals surface area (Å²) in [5.74, 6) is -1.41. The number of anilines is 1. The minimum Gasteiger partial charge on any atom is -0.323 e. The Bertz CT molecular complexity index is 894. The molecule has 1 heterocycles. The number of alkyl halides is 3. The van der Waals surface area contributed by atoms with Gasteiger partial charge in [0.05, 0.1) is 17.0 Å². The first-order chi connectivity index (χ1) is 11.9. The quantitative estimate of drug-likeness (QED) is 0.699. The highest BCUT2D eigenvalue weighted by Gasteiger charge is 2.27. The molecule has 0 aliphatic carbocycles. The van der Waals surface area contributed by atoms with Crippen LogP contribution in [0.1, 0.15) is 0 Å². The number of halogens is 3. The van der Waals surface area contributed by atoms with Crippen molar-refractivity contribution in [2.75, 3.05) is 11.1 Å². The molecular formula is C16H13F3N4OS. The zero-order valence-corrected chi connectivity index (χ0v) is 13.6. The van der Waals surface area contributed by atoms with Gasteiger partial charge in [-0.1, -0.05) is 29.5 Å². The maximum atomic E-state index is 12.4. The third-order valence-electron chi connectivity index (χ3n) is 3.27. The predicted molar refractivity (Wildman–Crippen MR) is 89.4 cm³/mol. The van der Waals surface area contributed by atoms with Crippen LogP contribution in [0.3, 0.4) is 0 Å². The fraction of sp³-hybridized carbons (Fsp3) is 0.188. The van der Waals surface area contributed by atoms with Crippen molar-refractivity contribution in [2.24, 2.45) is 0 Å². The van der Waals surface area contributed by atoms with Crippen LogP contribution in [0.15, 0.2) is 53.4 Å². The van der Waals surface area contributed by atoms with Crippen molar-refractivity contribution in [3.63, 3.8) is 0 Å². The number of rotatable bonds is 5. The molecule has 25 heavy (non-hydrogen) atoms. The highest BCUT2D eigenvalue weighted by molar-refractivity contribution is 7.99. The molecular weight excluding hydrogens is 353 g/mol. The Balaban J connectivity index is 1.71. The molecule has 0 bridgehead atoms. The van der Waals surface area contributed by atoms with Crippen LogP contribution in [0.4, 0.5) is 18.9 Å². The summed E-state index contributed by atoms with van der Waals surface area (Å²) < 4.78 is 38.7. The van der Waals surface area contributed by atoms with Crippen LogP contribution in [0.2, 0.25) is 0 Å². The van der Waals surface area contributed by atoms with Crippen LogP contribution in [-0.2, 0) is 11.3 Å². The summed E-state index contributed by atoms with van der Waals surface area (Å²) in [5, 5.41) is 10.5. The van der Waals surface area contributed by atoms with Gasteiger partial charge in [-0.2, -0.15) is 13.2 Å². The number of hydrogen-bond acceptors (Lipinski definition) is 4. The normalized spacial score (nSPS) is 11.6. The van der Waals surface area contributed by atoms with Gasteiger partial charge >= 0.3 is 6.18 Å². The van der Waals surface area contributed by atoms with Gasteiger partial charge in [-0.25, -0.2) is 4.68 Å². The van der Waals surface area contributed by atoms with E-state index in [4.69, 9.17) is 0 Å². The van der Waals surface area contributed by atoms with Crippen LogP contribution >= 0.6 is 11.8 Å². The fourth-order valence-corrected chi connectivity index (χ4v) is 2.98. The van der Waals surface area contributed by atoms with Crippen molar-refractivity contribution in [3.05, 3.63) is 48.5 Å². The second-order valence-electron chi connectivity index (χ2n) is 5.18. The number of para-hydroxylation sites is 2. The van der Waals surface area contributed by atoms with Crippen molar-refractivity contribution in [2.45, 2.75) is 17.6 Å². The first-order valence-electron chi connectivity index (χ1n) is 7.29. The maximum absolute atomic E-state index is 12.4. The summed E-state index contributed by atoms with van der Waals surface area (Å²) in [6.07, 6.45) is -4.28. The maximum Gasteiger partial charge on any atom is 0.398 e. The molecule has 0 unspecified atom stereocenters. The van der Waals surface area contributed by atoms with E-state index in [1.165, 1.54) is 10.7 Å². The Labute approximate surface area is 145 Å². The molecule has 9 heteroatoms. The van der Waals surface area contributed by atoms with E-state index >= 15 is 0 Å². The number of fused-ring (bicyclic) bond motifs is 1. The van der Waals surface area contributed by atoms with E-state index in [2.05, 4.69) is 15.6 Å². The molecule has 0 fully saturated rings. The van der Waals surface area contributed by atoms with Gasteiger partial charge < -0.3 is 5.32 Å². The number of nitrogens with one attached hydrogen (secondary N) is 1. The highest BCUT2D eigenvalue weighted by atomic mass is 32.2. The van der Waals surface area contributed by atoms with Crippen LogP contribution < -0.4 is 5.32 Å². The van der Waals surface area contributed by atoms with Crippen LogP contribution in [0.5, 0.6) is 0 Å². The summed E-state index contributed by atoms with van der Waals surface area (Å²) >= 11 is 0.632. The first-order valence-corrected chi connectivity index (χ1v) is 8.27. The third-order valence-corrected chi connectivity index (χ3v) is 4.40. The Morgan fingerprint density at radius 1 is 1.12 bits per heavy atom. The summed E-state index contributed by atoms with van der Waals surface area (Å²) in [5.41, 5.74) is 1.71. The highest BCUT2D eigenvalue weighted by Crippen LogP contribution is 2.32. The topological polar surface area (TPSA) is 59.8 Å². The number of amides is 1. The lowest BCUT2D eigenvalue weighted by Gasteiger charge is -2.12. The zero-order valence-electron chi connectivity index (χ0n) is 12.8. The number of carbonyl (C=O) groups excluding carboxylic acids is 1. The van der Waals surface area contributed by atoms with Gasteiger partial charge in [0.2, 0.25) is 5.91 Å². The van der Waals surface area contributed by atoms with Gasteiger partial charge in [-0.3, -0.25) is 4.79 Å². The van der Waals surface area contributed by atoms with Gasteiger partial charge in [-0.05, 0) is 24.3 Å². The SMILES string of the molecule is O=C(Cn1nnc2ccccc21)Nc1ccccc1SCC(F)(F)F. The average Bonchev–Trinajstić information content (AvgIpc) is 2.96.